The van der Waals surface area contributed by atoms with Gasteiger partial charge >= 0.3 is 18.0 Å². The zero-order chi connectivity index (χ0) is 16.0. The minimum atomic E-state index is -1.52. The molecule has 114 valence electrons. The van der Waals surface area contributed by atoms with E-state index in [1.807, 2.05) is 0 Å². The Hall–Kier alpha value is -2.29. The molecule has 0 aromatic heterocycles. The molecule has 0 aliphatic carbocycles. The highest BCUT2D eigenvalue weighted by Crippen LogP contribution is 2.24. The monoisotopic (exact) mass is 360 g/mol. The second-order valence-electron chi connectivity index (χ2n) is 3.97. The maximum atomic E-state index is 11.7. The third-order valence-electron chi connectivity index (χ3n) is 2.35. The number of aliphatic carboxylic acids is 2. The molecule has 1 aromatic rings. The molecular formula is C12H13BrN2O6. The fraction of sp³-hybridized carbons (Fsp3) is 0.250. The van der Waals surface area contributed by atoms with E-state index < -0.39 is 30.4 Å². The highest BCUT2D eigenvalue weighted by molar-refractivity contribution is 9.10. The van der Waals surface area contributed by atoms with Crippen LogP contribution in [0.4, 0.5) is 10.5 Å². The lowest BCUT2D eigenvalue weighted by Crippen LogP contribution is -2.44. The number of methoxy groups -OCH3 is 1. The van der Waals surface area contributed by atoms with E-state index in [-0.39, 0.29) is 0 Å². The number of anilines is 1. The number of amides is 2. The Balaban J connectivity index is 2.74. The molecule has 9 heteroatoms. The van der Waals surface area contributed by atoms with Gasteiger partial charge in [-0.3, -0.25) is 4.79 Å². The highest BCUT2D eigenvalue weighted by atomic mass is 79.9. The summed E-state index contributed by atoms with van der Waals surface area (Å²) in [5.74, 6) is -2.27. The quantitative estimate of drug-likeness (QED) is 0.609. The van der Waals surface area contributed by atoms with Gasteiger partial charge in [-0.2, -0.15) is 0 Å². The number of nitrogens with one attached hydrogen (secondary N) is 2. The fourth-order valence-electron chi connectivity index (χ4n) is 1.45. The maximum Gasteiger partial charge on any atom is 0.326 e. The Morgan fingerprint density at radius 2 is 1.95 bits per heavy atom. The fourth-order valence-corrected chi connectivity index (χ4v) is 1.93. The van der Waals surface area contributed by atoms with Crippen molar-refractivity contribution in [1.82, 2.24) is 5.32 Å². The van der Waals surface area contributed by atoms with Crippen LogP contribution in [-0.2, 0) is 9.59 Å². The lowest BCUT2D eigenvalue weighted by atomic mass is 10.2. The molecule has 0 aliphatic heterocycles. The molecule has 1 rings (SSSR count). The summed E-state index contributed by atoms with van der Waals surface area (Å²) in [7, 11) is 1.46. The minimum Gasteiger partial charge on any atom is -0.497 e. The summed E-state index contributed by atoms with van der Waals surface area (Å²) in [6.45, 7) is 0. The third kappa shape index (κ3) is 5.69. The van der Waals surface area contributed by atoms with Gasteiger partial charge in [0.05, 0.1) is 13.5 Å². The van der Waals surface area contributed by atoms with Crippen LogP contribution in [0.3, 0.4) is 0 Å². The molecule has 0 spiro atoms. The highest BCUT2D eigenvalue weighted by Gasteiger charge is 2.23. The van der Waals surface area contributed by atoms with Gasteiger partial charge in [-0.15, -0.1) is 0 Å². The summed E-state index contributed by atoms with van der Waals surface area (Å²) in [6.07, 6.45) is -0.718. The maximum absolute atomic E-state index is 11.7. The average molecular weight is 361 g/mol. The number of carbonyl (C=O) groups is 3. The molecule has 0 aliphatic rings. The molecule has 8 nitrogen and oxygen atoms in total. The van der Waals surface area contributed by atoms with Crippen LogP contribution in [0.25, 0.3) is 0 Å². The van der Waals surface area contributed by atoms with E-state index in [4.69, 9.17) is 14.9 Å². The van der Waals surface area contributed by atoms with Gasteiger partial charge < -0.3 is 25.6 Å². The van der Waals surface area contributed by atoms with Crippen molar-refractivity contribution in [3.63, 3.8) is 0 Å². The Morgan fingerprint density at radius 3 is 2.48 bits per heavy atom. The first-order chi connectivity index (χ1) is 9.81. The number of halogens is 1. The smallest absolute Gasteiger partial charge is 0.326 e. The second-order valence-corrected chi connectivity index (χ2v) is 4.88. The van der Waals surface area contributed by atoms with E-state index in [9.17, 15) is 14.4 Å². The van der Waals surface area contributed by atoms with Gasteiger partial charge in [-0.1, -0.05) is 15.9 Å². The SMILES string of the molecule is COc1cc(Br)cc(NC(=O)NC(CC(=O)O)C(=O)O)c1. The topological polar surface area (TPSA) is 125 Å². The predicted molar refractivity (Wildman–Crippen MR) is 76.5 cm³/mol. The molecule has 1 unspecified atom stereocenters. The first kappa shape index (κ1) is 16.8. The van der Waals surface area contributed by atoms with Crippen molar-refractivity contribution in [1.29, 1.82) is 0 Å². The van der Waals surface area contributed by atoms with Gasteiger partial charge in [0.1, 0.15) is 11.8 Å². The Kier molecular flexibility index (Phi) is 5.97. The summed E-state index contributed by atoms with van der Waals surface area (Å²) in [5.41, 5.74) is 0.359. The number of rotatable bonds is 6. The van der Waals surface area contributed by atoms with E-state index in [1.54, 1.807) is 12.1 Å². The Morgan fingerprint density at radius 1 is 1.29 bits per heavy atom. The molecule has 2 amide bonds. The van der Waals surface area contributed by atoms with Gasteiger partial charge in [0.15, 0.2) is 0 Å². The van der Waals surface area contributed by atoms with Crippen molar-refractivity contribution in [3.05, 3.63) is 22.7 Å². The summed E-state index contributed by atoms with van der Waals surface area (Å²) in [6, 6.07) is 2.43. The molecule has 0 saturated carbocycles. The Bertz CT molecular complexity index is 563. The predicted octanol–water partition coefficient (Wildman–Crippen LogP) is 1.51. The van der Waals surface area contributed by atoms with E-state index in [0.29, 0.717) is 15.9 Å². The number of carboxylic acids is 2. The number of hydrogen-bond donors (Lipinski definition) is 4. The Labute approximate surface area is 128 Å². The van der Waals surface area contributed by atoms with E-state index in [2.05, 4.69) is 26.6 Å². The van der Waals surface area contributed by atoms with Crippen molar-refractivity contribution in [3.8, 4) is 5.75 Å². The number of carboxylic acid groups (broad SMARTS) is 2. The first-order valence-corrected chi connectivity index (χ1v) is 6.48. The molecule has 0 fully saturated rings. The van der Waals surface area contributed by atoms with Crippen molar-refractivity contribution in [2.24, 2.45) is 0 Å². The number of carbonyl (C=O) groups excluding carboxylic acids is 1. The number of urea groups is 1. The standard InChI is InChI=1S/C12H13BrN2O6/c1-21-8-3-6(13)2-7(4-8)14-12(20)15-9(11(18)19)5-10(16)17/h2-4,9H,5H2,1H3,(H,16,17)(H,18,19)(H2,14,15,20). The third-order valence-corrected chi connectivity index (χ3v) is 2.80. The van der Waals surface area contributed by atoms with Crippen LogP contribution in [0.2, 0.25) is 0 Å². The van der Waals surface area contributed by atoms with Crippen LogP contribution in [0.1, 0.15) is 6.42 Å². The van der Waals surface area contributed by atoms with E-state index in [0.717, 1.165) is 0 Å². The van der Waals surface area contributed by atoms with Gasteiger partial charge in [0.2, 0.25) is 0 Å². The minimum absolute atomic E-state index is 0.359. The molecule has 21 heavy (non-hydrogen) atoms. The van der Waals surface area contributed by atoms with Crippen LogP contribution in [0, 0.1) is 0 Å². The van der Waals surface area contributed by atoms with Gasteiger partial charge in [0, 0.05) is 16.2 Å². The van der Waals surface area contributed by atoms with Crippen LogP contribution >= 0.6 is 15.9 Å². The second kappa shape index (κ2) is 7.48. The van der Waals surface area contributed by atoms with Crippen molar-refractivity contribution < 1.29 is 29.3 Å². The lowest BCUT2D eigenvalue weighted by Gasteiger charge is -2.14. The van der Waals surface area contributed by atoms with Crippen LogP contribution < -0.4 is 15.4 Å². The first-order valence-electron chi connectivity index (χ1n) is 5.68. The van der Waals surface area contributed by atoms with Gasteiger partial charge in [0.25, 0.3) is 0 Å². The van der Waals surface area contributed by atoms with Crippen molar-refractivity contribution >= 4 is 39.6 Å². The number of ether oxygens (including phenoxy) is 1. The van der Waals surface area contributed by atoms with Crippen LogP contribution in [0.5, 0.6) is 5.75 Å². The molecule has 0 bridgehead atoms. The number of benzene rings is 1. The normalized spacial score (nSPS) is 11.3. The van der Waals surface area contributed by atoms with Crippen LogP contribution in [0.15, 0.2) is 22.7 Å². The van der Waals surface area contributed by atoms with Gasteiger partial charge in [-0.25, -0.2) is 9.59 Å². The molecule has 1 atom stereocenters. The summed E-state index contributed by atoms with van der Waals surface area (Å²) in [4.78, 5) is 33.1. The lowest BCUT2D eigenvalue weighted by molar-refractivity contribution is -0.145. The summed E-state index contributed by atoms with van der Waals surface area (Å²) >= 11 is 3.23. The molecule has 1 aromatic carbocycles. The van der Waals surface area contributed by atoms with Crippen molar-refractivity contribution in [2.75, 3.05) is 12.4 Å². The largest absolute Gasteiger partial charge is 0.497 e. The molecule has 4 N–H and O–H groups in total. The summed E-state index contributed by atoms with van der Waals surface area (Å²) in [5, 5.41) is 21.9. The zero-order valence-electron chi connectivity index (χ0n) is 10.9. The molecule has 0 heterocycles. The van der Waals surface area contributed by atoms with E-state index in [1.165, 1.54) is 13.2 Å². The molecular weight excluding hydrogens is 348 g/mol. The number of hydrogen-bond acceptors (Lipinski definition) is 4. The molecule has 0 radical (unpaired) electrons. The van der Waals surface area contributed by atoms with Crippen molar-refractivity contribution in [2.45, 2.75) is 12.5 Å². The average Bonchev–Trinajstić information content (AvgIpc) is 2.36. The summed E-state index contributed by atoms with van der Waals surface area (Å²) < 4.78 is 5.67. The van der Waals surface area contributed by atoms with E-state index >= 15 is 0 Å². The zero-order valence-corrected chi connectivity index (χ0v) is 12.5. The van der Waals surface area contributed by atoms with Gasteiger partial charge in [-0.05, 0) is 12.1 Å². The molecule has 0 saturated heterocycles. The van der Waals surface area contributed by atoms with Crippen LogP contribution in [-0.4, -0.2) is 41.3 Å².